The van der Waals surface area contributed by atoms with E-state index in [0.29, 0.717) is 11.9 Å². The summed E-state index contributed by atoms with van der Waals surface area (Å²) >= 11 is 0. The maximum Gasteiger partial charge on any atom is 0.336 e. The van der Waals surface area contributed by atoms with E-state index >= 15 is 0 Å². The molecule has 5 nitrogen and oxygen atoms in total. The van der Waals surface area contributed by atoms with Gasteiger partial charge in [-0.3, -0.25) is 13.8 Å². The van der Waals surface area contributed by atoms with Gasteiger partial charge in [-0.05, 0) is 56.4 Å². The van der Waals surface area contributed by atoms with Crippen LogP contribution in [0.5, 0.6) is 0 Å². The number of unbranched alkanes of at least 4 members (excludes halogenated alkanes) is 1. The second-order valence-corrected chi connectivity index (χ2v) is 7.97. The maximum atomic E-state index is 13.4. The Morgan fingerprint density at radius 1 is 0.828 bits per heavy atom. The summed E-state index contributed by atoms with van der Waals surface area (Å²) < 4.78 is 3.14. The van der Waals surface area contributed by atoms with Gasteiger partial charge < -0.3 is 4.90 Å². The maximum absolute atomic E-state index is 13.4. The van der Waals surface area contributed by atoms with E-state index in [-0.39, 0.29) is 11.2 Å². The van der Waals surface area contributed by atoms with E-state index in [1.807, 2.05) is 56.6 Å². The van der Waals surface area contributed by atoms with Crippen molar-refractivity contribution in [1.29, 1.82) is 0 Å². The Kier molecular flexibility index (Phi) is 4.14. The molecule has 146 valence electrons. The highest BCUT2D eigenvalue weighted by Crippen LogP contribution is 2.34. The SMILES string of the molecule is CN(C)CCCCn1c(=O)c2cccc3c4c5ccccc5ccc4n(c1=O)c23. The highest BCUT2D eigenvalue weighted by molar-refractivity contribution is 6.23. The second-order valence-electron chi connectivity index (χ2n) is 7.97. The van der Waals surface area contributed by atoms with E-state index in [9.17, 15) is 9.59 Å². The van der Waals surface area contributed by atoms with E-state index < -0.39 is 0 Å². The van der Waals surface area contributed by atoms with Crippen LogP contribution in [0.25, 0.3) is 38.0 Å². The summed E-state index contributed by atoms with van der Waals surface area (Å²) in [6, 6.07) is 18.0. The predicted molar refractivity (Wildman–Crippen MR) is 119 cm³/mol. The molecular weight excluding hydrogens is 362 g/mol. The molecule has 3 aromatic carbocycles. The Balaban J connectivity index is 1.83. The summed E-state index contributed by atoms with van der Waals surface area (Å²) in [6.07, 6.45) is 1.74. The van der Waals surface area contributed by atoms with Crippen molar-refractivity contribution in [2.75, 3.05) is 20.6 Å². The van der Waals surface area contributed by atoms with Crippen LogP contribution in [0.2, 0.25) is 0 Å². The number of hydrogen-bond acceptors (Lipinski definition) is 3. The third kappa shape index (κ3) is 2.65. The van der Waals surface area contributed by atoms with Crippen LogP contribution in [-0.4, -0.2) is 34.5 Å². The number of nitrogens with zero attached hydrogens (tertiary/aromatic N) is 3. The Hall–Kier alpha value is -3.18. The molecule has 0 unspecified atom stereocenters. The van der Waals surface area contributed by atoms with Crippen LogP contribution >= 0.6 is 0 Å². The summed E-state index contributed by atoms with van der Waals surface area (Å²) in [6.45, 7) is 1.38. The van der Waals surface area contributed by atoms with Crippen molar-refractivity contribution >= 4 is 38.0 Å². The van der Waals surface area contributed by atoms with E-state index in [1.165, 1.54) is 4.57 Å². The molecule has 29 heavy (non-hydrogen) atoms. The van der Waals surface area contributed by atoms with Crippen LogP contribution in [0.15, 0.2) is 64.2 Å². The van der Waals surface area contributed by atoms with Crippen LogP contribution in [0, 0.1) is 0 Å². The molecule has 0 amide bonds. The molecule has 2 aromatic heterocycles. The number of hydrogen-bond donors (Lipinski definition) is 0. The molecule has 2 heterocycles. The van der Waals surface area contributed by atoms with Gasteiger partial charge >= 0.3 is 5.69 Å². The fourth-order valence-electron chi connectivity index (χ4n) is 4.46. The van der Waals surface area contributed by atoms with E-state index in [1.54, 1.807) is 4.40 Å². The summed E-state index contributed by atoms with van der Waals surface area (Å²) in [4.78, 5) is 28.7. The number of fused-ring (bicyclic) bond motifs is 5. The number of aromatic nitrogens is 2. The smallest absolute Gasteiger partial charge is 0.309 e. The van der Waals surface area contributed by atoms with Gasteiger partial charge in [-0.15, -0.1) is 0 Å². The Labute approximate surface area is 167 Å². The molecule has 0 aliphatic rings. The van der Waals surface area contributed by atoms with E-state index in [0.717, 1.165) is 52.0 Å². The molecule has 0 aliphatic heterocycles. The molecule has 5 rings (SSSR count). The monoisotopic (exact) mass is 385 g/mol. The van der Waals surface area contributed by atoms with Crippen LogP contribution in [0.3, 0.4) is 0 Å². The lowest BCUT2D eigenvalue weighted by Gasteiger charge is -2.11. The van der Waals surface area contributed by atoms with Crippen molar-refractivity contribution in [3.8, 4) is 0 Å². The molecule has 0 fully saturated rings. The first-order chi connectivity index (χ1) is 14.1. The van der Waals surface area contributed by atoms with Crippen molar-refractivity contribution in [2.24, 2.45) is 0 Å². The van der Waals surface area contributed by atoms with Gasteiger partial charge in [0.2, 0.25) is 0 Å². The Bertz CT molecular complexity index is 1480. The standard InChI is InChI=1S/C24H23N3O2/c1-25(2)14-5-6-15-26-23(28)19-11-7-10-18-21-17-9-4-3-8-16(17)12-13-20(21)27(22(18)19)24(26)29/h3-4,7-13H,5-6,14-15H2,1-2H3. The first kappa shape index (κ1) is 17.9. The van der Waals surface area contributed by atoms with Crippen LogP contribution in [-0.2, 0) is 6.54 Å². The van der Waals surface area contributed by atoms with Crippen molar-refractivity contribution < 1.29 is 0 Å². The lowest BCUT2D eigenvalue weighted by atomic mass is 10.0. The molecular formula is C24H23N3O2. The number of para-hydroxylation sites is 1. The summed E-state index contributed by atoms with van der Waals surface area (Å²) in [7, 11) is 4.06. The molecule has 0 radical (unpaired) electrons. The molecule has 0 bridgehead atoms. The van der Waals surface area contributed by atoms with Crippen molar-refractivity contribution in [1.82, 2.24) is 13.9 Å². The van der Waals surface area contributed by atoms with Gasteiger partial charge in [0.25, 0.3) is 5.56 Å². The highest BCUT2D eigenvalue weighted by atomic mass is 16.2. The van der Waals surface area contributed by atoms with Crippen LogP contribution < -0.4 is 11.2 Å². The average molecular weight is 385 g/mol. The van der Waals surface area contributed by atoms with Crippen molar-refractivity contribution in [3.05, 3.63) is 75.4 Å². The molecule has 0 saturated carbocycles. The third-order valence-electron chi connectivity index (χ3n) is 5.81. The Morgan fingerprint density at radius 2 is 1.59 bits per heavy atom. The number of benzene rings is 3. The average Bonchev–Trinajstić information content (AvgIpc) is 3.07. The lowest BCUT2D eigenvalue weighted by molar-refractivity contribution is 0.385. The topological polar surface area (TPSA) is 46.7 Å². The zero-order valence-corrected chi connectivity index (χ0v) is 16.7. The molecule has 0 aliphatic carbocycles. The molecule has 0 spiro atoms. The minimum atomic E-state index is -0.242. The zero-order valence-electron chi connectivity index (χ0n) is 16.7. The van der Waals surface area contributed by atoms with Gasteiger partial charge in [-0.1, -0.05) is 42.5 Å². The van der Waals surface area contributed by atoms with Gasteiger partial charge in [0.1, 0.15) is 0 Å². The Morgan fingerprint density at radius 3 is 2.41 bits per heavy atom. The highest BCUT2D eigenvalue weighted by Gasteiger charge is 2.19. The summed E-state index contributed by atoms with van der Waals surface area (Å²) in [5, 5.41) is 4.84. The van der Waals surface area contributed by atoms with Crippen molar-refractivity contribution in [2.45, 2.75) is 19.4 Å². The summed E-state index contributed by atoms with van der Waals surface area (Å²) in [5.41, 5.74) is 1.17. The predicted octanol–water partition coefficient (Wildman–Crippen LogP) is 3.70. The lowest BCUT2D eigenvalue weighted by Crippen LogP contribution is -2.37. The minimum absolute atomic E-state index is 0.190. The van der Waals surface area contributed by atoms with Gasteiger partial charge in [-0.2, -0.15) is 0 Å². The van der Waals surface area contributed by atoms with E-state index in [4.69, 9.17) is 0 Å². The fraction of sp³-hybridized carbons (Fsp3) is 0.250. The normalized spacial score (nSPS) is 12.2. The molecule has 0 saturated heterocycles. The van der Waals surface area contributed by atoms with Crippen LogP contribution in [0.4, 0.5) is 0 Å². The molecule has 5 heteroatoms. The van der Waals surface area contributed by atoms with Crippen molar-refractivity contribution in [3.63, 3.8) is 0 Å². The minimum Gasteiger partial charge on any atom is -0.309 e. The molecule has 5 aromatic rings. The quantitative estimate of drug-likeness (QED) is 0.434. The van der Waals surface area contributed by atoms with E-state index in [2.05, 4.69) is 17.0 Å². The van der Waals surface area contributed by atoms with Crippen LogP contribution in [0.1, 0.15) is 12.8 Å². The molecule has 0 atom stereocenters. The number of rotatable bonds is 5. The first-order valence-corrected chi connectivity index (χ1v) is 10.0. The second kappa shape index (κ2) is 6.71. The summed E-state index contributed by atoms with van der Waals surface area (Å²) in [5.74, 6) is 0. The van der Waals surface area contributed by atoms with Gasteiger partial charge in [0.15, 0.2) is 0 Å². The van der Waals surface area contributed by atoms with Gasteiger partial charge in [0, 0.05) is 17.3 Å². The largest absolute Gasteiger partial charge is 0.336 e. The van der Waals surface area contributed by atoms with Gasteiger partial charge in [0.05, 0.1) is 16.4 Å². The van der Waals surface area contributed by atoms with Gasteiger partial charge in [-0.25, -0.2) is 4.79 Å². The molecule has 0 N–H and O–H groups in total. The third-order valence-corrected chi connectivity index (χ3v) is 5.81. The fourth-order valence-corrected chi connectivity index (χ4v) is 4.46. The zero-order chi connectivity index (χ0) is 20.1. The first-order valence-electron chi connectivity index (χ1n) is 10.0.